The molecular weight excluding hydrogens is 581 g/mol. The molecule has 7 rings (SSSR count). The van der Waals surface area contributed by atoms with Crippen LogP contribution in [0.3, 0.4) is 0 Å². The third-order valence-corrected chi connectivity index (χ3v) is 9.61. The Kier molecular flexibility index (Phi) is 7.97. The third kappa shape index (κ3) is 5.72. The third-order valence-electron chi connectivity index (χ3n) is 9.61. The highest BCUT2D eigenvalue weighted by atomic mass is 19.1. The Morgan fingerprint density at radius 1 is 0.978 bits per heavy atom. The maximum atomic E-state index is 14.1. The smallest absolute Gasteiger partial charge is 0.255 e. The molecule has 0 radical (unpaired) electrons. The Balaban J connectivity index is 1.26. The summed E-state index contributed by atoms with van der Waals surface area (Å²) < 4.78 is 26.5. The monoisotopic (exact) mass is 619 g/mol. The van der Waals surface area contributed by atoms with Gasteiger partial charge in [0.2, 0.25) is 5.91 Å². The van der Waals surface area contributed by atoms with Crippen LogP contribution in [0.4, 0.5) is 4.39 Å². The molecule has 1 aliphatic heterocycles. The zero-order chi connectivity index (χ0) is 31.8. The van der Waals surface area contributed by atoms with Crippen LogP contribution in [0.5, 0.6) is 11.5 Å². The number of hydrogen-bond acceptors (Lipinski definition) is 5. The minimum absolute atomic E-state index is 0.0741. The molecule has 4 aromatic rings. The number of nitrogens with zero attached hydrogens (tertiary/aromatic N) is 1. The predicted molar refractivity (Wildman–Crippen MR) is 173 cm³/mol. The van der Waals surface area contributed by atoms with Gasteiger partial charge in [-0.15, -0.1) is 0 Å². The van der Waals surface area contributed by atoms with E-state index < -0.39 is 17.6 Å². The number of pyridine rings is 1. The minimum Gasteiger partial charge on any atom is -0.490 e. The lowest BCUT2D eigenvalue weighted by atomic mass is 9.88. The van der Waals surface area contributed by atoms with Crippen molar-refractivity contribution >= 4 is 11.8 Å². The number of amides is 2. The number of carbonyl (C=O) groups excluding carboxylic acids is 2. The summed E-state index contributed by atoms with van der Waals surface area (Å²) >= 11 is 0. The Labute approximate surface area is 268 Å². The highest BCUT2D eigenvalue weighted by Gasteiger charge is 2.47. The molecule has 2 N–H and O–H groups in total. The van der Waals surface area contributed by atoms with E-state index in [1.165, 1.54) is 18.6 Å². The fourth-order valence-corrected chi connectivity index (χ4v) is 6.91. The molecule has 2 heterocycles. The summed E-state index contributed by atoms with van der Waals surface area (Å²) in [6.07, 6.45) is 8.28. The van der Waals surface area contributed by atoms with Gasteiger partial charge in [-0.1, -0.05) is 30.7 Å². The van der Waals surface area contributed by atoms with Gasteiger partial charge in [0.25, 0.3) is 5.91 Å². The summed E-state index contributed by atoms with van der Waals surface area (Å²) in [5.74, 6) is -0.175. The van der Waals surface area contributed by atoms with Crippen LogP contribution in [0.25, 0.3) is 11.1 Å². The first-order chi connectivity index (χ1) is 22.3. The maximum absolute atomic E-state index is 14.1. The topological polar surface area (TPSA) is 89.6 Å². The second-order valence-electron chi connectivity index (χ2n) is 12.7. The van der Waals surface area contributed by atoms with E-state index in [4.69, 9.17) is 9.47 Å². The largest absolute Gasteiger partial charge is 0.490 e. The Bertz CT molecular complexity index is 1770. The van der Waals surface area contributed by atoms with Crippen molar-refractivity contribution in [1.29, 1.82) is 0 Å². The van der Waals surface area contributed by atoms with E-state index in [0.717, 1.165) is 66.5 Å². The van der Waals surface area contributed by atoms with Gasteiger partial charge in [-0.3, -0.25) is 14.6 Å². The predicted octanol–water partition coefficient (Wildman–Crippen LogP) is 7.29. The number of aromatic nitrogens is 1. The minimum atomic E-state index is -0.629. The number of ether oxygens (including phenoxy) is 2. The zero-order valence-electron chi connectivity index (χ0n) is 26.1. The first kappa shape index (κ1) is 30.0. The van der Waals surface area contributed by atoms with Crippen molar-refractivity contribution in [1.82, 2.24) is 15.6 Å². The van der Waals surface area contributed by atoms with Crippen molar-refractivity contribution in [3.8, 4) is 22.6 Å². The van der Waals surface area contributed by atoms with Gasteiger partial charge in [-0.25, -0.2) is 4.39 Å². The van der Waals surface area contributed by atoms with E-state index in [9.17, 15) is 14.0 Å². The summed E-state index contributed by atoms with van der Waals surface area (Å²) in [4.78, 5) is 31.9. The Hall–Kier alpha value is -4.72. The van der Waals surface area contributed by atoms with E-state index in [1.54, 1.807) is 25.4 Å². The van der Waals surface area contributed by atoms with Gasteiger partial charge >= 0.3 is 0 Å². The van der Waals surface area contributed by atoms with Gasteiger partial charge in [0.05, 0.1) is 22.9 Å². The van der Waals surface area contributed by atoms with Crippen molar-refractivity contribution in [3.05, 3.63) is 113 Å². The summed E-state index contributed by atoms with van der Waals surface area (Å²) in [5.41, 5.74) is 5.01. The van der Waals surface area contributed by atoms with Gasteiger partial charge in [-0.05, 0) is 116 Å². The molecule has 1 aromatic heterocycles. The van der Waals surface area contributed by atoms with Gasteiger partial charge < -0.3 is 20.1 Å². The zero-order valence-corrected chi connectivity index (χ0v) is 26.1. The lowest BCUT2D eigenvalue weighted by molar-refractivity contribution is -0.123. The molecule has 3 aliphatic rings. The van der Waals surface area contributed by atoms with Gasteiger partial charge in [-0.2, -0.15) is 0 Å². The molecule has 2 aliphatic carbocycles. The van der Waals surface area contributed by atoms with Crippen molar-refractivity contribution in [2.24, 2.45) is 0 Å². The molecule has 2 unspecified atom stereocenters. The lowest BCUT2D eigenvalue weighted by Gasteiger charge is -2.26. The van der Waals surface area contributed by atoms with Gasteiger partial charge in [0, 0.05) is 18.8 Å². The number of halogens is 1. The van der Waals surface area contributed by atoms with E-state index in [-0.39, 0.29) is 23.7 Å². The standard InChI is InChI=1S/C38H38FN3O4/c1-23-20-32(45-27-8-4-3-5-9-27)30(36(43)42-38(17-18-38)33-10-6-7-19-41-33)22-28(23)25-13-16-31-29(21-25)34(37(44)40-2)35(46-31)24-11-14-26(39)15-12-24/h6-7,10-16,19-22,27,34-35H,3-5,8-9,17-18H2,1-2H3,(H,40,44)(H,42,43). The number of benzene rings is 3. The van der Waals surface area contributed by atoms with Gasteiger partial charge in [0.15, 0.2) is 0 Å². The number of aryl methyl sites for hydroxylation is 1. The van der Waals surface area contributed by atoms with Crippen LogP contribution in [-0.4, -0.2) is 29.9 Å². The highest BCUT2D eigenvalue weighted by molar-refractivity contribution is 5.99. The normalized spacial score (nSPS) is 19.9. The van der Waals surface area contributed by atoms with Crippen molar-refractivity contribution in [2.45, 2.75) is 75.5 Å². The van der Waals surface area contributed by atoms with Crippen molar-refractivity contribution in [2.75, 3.05) is 7.05 Å². The molecule has 2 fully saturated rings. The fraction of sp³-hybridized carbons (Fsp3) is 0.342. The summed E-state index contributed by atoms with van der Waals surface area (Å²) in [5, 5.41) is 6.07. The molecule has 0 saturated heterocycles. The van der Waals surface area contributed by atoms with Crippen molar-refractivity contribution < 1.29 is 23.5 Å². The summed E-state index contributed by atoms with van der Waals surface area (Å²) in [6, 6.07) is 21.5. The van der Waals surface area contributed by atoms with Crippen LogP contribution in [0.1, 0.15) is 89.7 Å². The first-order valence-corrected chi connectivity index (χ1v) is 16.2. The SMILES string of the molecule is CNC(=O)C1c2cc(-c3cc(C(=O)NC4(c5ccccn5)CC4)c(OC4CCCCC4)cc3C)ccc2OC1c1ccc(F)cc1. The molecule has 2 amide bonds. The van der Waals surface area contributed by atoms with Crippen LogP contribution >= 0.6 is 0 Å². The first-order valence-electron chi connectivity index (χ1n) is 16.2. The van der Waals surface area contributed by atoms with E-state index >= 15 is 0 Å². The van der Waals surface area contributed by atoms with Crippen LogP contribution < -0.4 is 20.1 Å². The summed E-state index contributed by atoms with van der Waals surface area (Å²) in [6.45, 7) is 2.02. The number of rotatable bonds is 8. The number of nitrogens with one attached hydrogen (secondary N) is 2. The van der Waals surface area contributed by atoms with Crippen LogP contribution in [0.15, 0.2) is 79.0 Å². The maximum Gasteiger partial charge on any atom is 0.255 e. The molecule has 8 heteroatoms. The average Bonchev–Trinajstić information content (AvgIpc) is 3.76. The number of carbonyl (C=O) groups is 2. The van der Waals surface area contributed by atoms with Crippen LogP contribution in [0.2, 0.25) is 0 Å². The van der Waals surface area contributed by atoms with E-state index in [0.29, 0.717) is 22.6 Å². The van der Waals surface area contributed by atoms with Crippen molar-refractivity contribution in [3.63, 3.8) is 0 Å². The number of likely N-dealkylation sites (N-methyl/N-ethyl adjacent to an activating group) is 1. The Morgan fingerprint density at radius 2 is 1.76 bits per heavy atom. The van der Waals surface area contributed by atoms with Crippen LogP contribution in [0, 0.1) is 12.7 Å². The molecular formula is C38H38FN3O4. The number of hydrogen-bond donors (Lipinski definition) is 2. The molecule has 2 saturated carbocycles. The quantitative estimate of drug-likeness (QED) is 0.216. The molecule has 46 heavy (non-hydrogen) atoms. The summed E-state index contributed by atoms with van der Waals surface area (Å²) in [7, 11) is 1.60. The lowest BCUT2D eigenvalue weighted by Crippen LogP contribution is -2.36. The molecule has 0 spiro atoms. The van der Waals surface area contributed by atoms with Gasteiger partial charge in [0.1, 0.15) is 29.3 Å². The second-order valence-corrected chi connectivity index (χ2v) is 12.7. The van der Waals surface area contributed by atoms with E-state index in [1.807, 2.05) is 55.5 Å². The molecule has 2 atom stereocenters. The average molecular weight is 620 g/mol. The van der Waals surface area contributed by atoms with E-state index in [2.05, 4.69) is 15.6 Å². The molecule has 3 aromatic carbocycles. The fourth-order valence-electron chi connectivity index (χ4n) is 6.91. The molecule has 7 nitrogen and oxygen atoms in total. The number of fused-ring (bicyclic) bond motifs is 1. The van der Waals surface area contributed by atoms with Crippen LogP contribution in [-0.2, 0) is 10.3 Å². The molecule has 236 valence electrons. The molecule has 0 bridgehead atoms. The Morgan fingerprint density at radius 3 is 2.46 bits per heavy atom. The second kappa shape index (κ2) is 12.2. The highest BCUT2D eigenvalue weighted by Crippen LogP contribution is 2.48.